The van der Waals surface area contributed by atoms with Gasteiger partial charge in [0, 0.05) is 25.1 Å². The molecule has 0 bridgehead atoms. The van der Waals surface area contributed by atoms with Gasteiger partial charge in [-0.25, -0.2) is 4.98 Å². The van der Waals surface area contributed by atoms with Gasteiger partial charge in [-0.2, -0.15) is 4.98 Å². The molecular weight excluding hydrogens is 488 g/mol. The maximum atomic E-state index is 11.3. The highest BCUT2D eigenvalue weighted by atomic mass is 35.5. The maximum absolute atomic E-state index is 11.3. The molecule has 1 aliphatic heterocycles. The van der Waals surface area contributed by atoms with Gasteiger partial charge in [0.25, 0.3) is 0 Å². The molecule has 0 saturated carbocycles. The van der Waals surface area contributed by atoms with Gasteiger partial charge in [-0.05, 0) is 60.4 Å². The number of carbonyl (C=O) groups is 1. The number of benzene rings is 2. The number of anilines is 1. The number of nitrogens with one attached hydrogen (secondary N) is 1. The summed E-state index contributed by atoms with van der Waals surface area (Å²) in [5.41, 5.74) is 5.56. The molecule has 2 aromatic heterocycles. The minimum atomic E-state index is -0.840. The van der Waals surface area contributed by atoms with Crippen LogP contribution in [0.3, 0.4) is 0 Å². The highest BCUT2D eigenvalue weighted by molar-refractivity contribution is 5.85. The summed E-state index contributed by atoms with van der Waals surface area (Å²) in [7, 11) is 0. The van der Waals surface area contributed by atoms with E-state index < -0.39 is 5.97 Å². The van der Waals surface area contributed by atoms with E-state index in [4.69, 9.17) is 9.51 Å². The number of rotatable bonds is 10. The minimum Gasteiger partial charge on any atom is -0.481 e. The van der Waals surface area contributed by atoms with Gasteiger partial charge in [-0.1, -0.05) is 65.8 Å². The Morgan fingerprint density at radius 3 is 2.54 bits per heavy atom. The summed E-state index contributed by atoms with van der Waals surface area (Å²) in [4.78, 5) is 20.7. The number of aliphatic carboxylic acids is 1. The van der Waals surface area contributed by atoms with Crippen molar-refractivity contribution in [1.82, 2.24) is 15.1 Å². The average Bonchev–Trinajstić information content (AvgIpc) is 3.38. The number of pyridine rings is 1. The zero-order valence-electron chi connectivity index (χ0n) is 20.6. The molecule has 0 fully saturated rings. The Morgan fingerprint density at radius 1 is 0.973 bits per heavy atom. The fraction of sp³-hybridized carbons (Fsp3) is 0.310. The average molecular weight is 519 g/mol. The number of carboxylic acids is 1. The Labute approximate surface area is 222 Å². The van der Waals surface area contributed by atoms with Crippen molar-refractivity contribution in [3.63, 3.8) is 0 Å². The minimum absolute atomic E-state index is 0. The van der Waals surface area contributed by atoms with E-state index in [1.807, 2.05) is 30.3 Å². The molecule has 2 aromatic carbocycles. The number of aromatic nitrogens is 3. The van der Waals surface area contributed by atoms with Crippen LogP contribution >= 0.6 is 12.4 Å². The van der Waals surface area contributed by atoms with Gasteiger partial charge in [0.1, 0.15) is 5.82 Å². The SMILES string of the molecule is Cl.O=C(O)CCC(c1ccc(-c2ccccc2)cc1)c1nc(CCCc2ccc3c(n2)NCCC3)no1. The quantitative estimate of drug-likeness (QED) is 0.262. The molecule has 4 aromatic rings. The monoisotopic (exact) mass is 518 g/mol. The third-order valence-electron chi connectivity index (χ3n) is 6.63. The number of halogens is 1. The molecule has 1 unspecified atom stereocenters. The summed E-state index contributed by atoms with van der Waals surface area (Å²) in [6.07, 6.45) is 5.03. The summed E-state index contributed by atoms with van der Waals surface area (Å²) >= 11 is 0. The van der Waals surface area contributed by atoms with Crippen molar-refractivity contribution in [2.45, 2.75) is 50.9 Å². The predicted octanol–water partition coefficient (Wildman–Crippen LogP) is 6.08. The Morgan fingerprint density at radius 2 is 1.76 bits per heavy atom. The smallest absolute Gasteiger partial charge is 0.303 e. The Balaban J connectivity index is 0.00000320. The number of hydrogen-bond acceptors (Lipinski definition) is 6. The molecule has 5 rings (SSSR count). The largest absolute Gasteiger partial charge is 0.481 e. The lowest BCUT2D eigenvalue weighted by Gasteiger charge is -2.17. The lowest BCUT2D eigenvalue weighted by Crippen LogP contribution is -2.14. The van der Waals surface area contributed by atoms with Crippen molar-refractivity contribution in [2.75, 3.05) is 11.9 Å². The maximum Gasteiger partial charge on any atom is 0.303 e. The fourth-order valence-corrected chi connectivity index (χ4v) is 4.69. The molecule has 0 spiro atoms. The van der Waals surface area contributed by atoms with Crippen LogP contribution in [0.4, 0.5) is 5.82 Å². The molecular formula is C29H31ClN4O3. The second-order valence-electron chi connectivity index (χ2n) is 9.22. The van der Waals surface area contributed by atoms with Crippen molar-refractivity contribution in [1.29, 1.82) is 0 Å². The molecule has 0 aliphatic carbocycles. The van der Waals surface area contributed by atoms with Crippen molar-refractivity contribution in [3.8, 4) is 11.1 Å². The number of nitrogens with zero attached hydrogens (tertiary/aromatic N) is 3. The highest BCUT2D eigenvalue weighted by Crippen LogP contribution is 2.30. The van der Waals surface area contributed by atoms with Crippen LogP contribution in [-0.4, -0.2) is 32.7 Å². The Bertz CT molecular complexity index is 1310. The second-order valence-corrected chi connectivity index (χ2v) is 9.22. The third-order valence-corrected chi connectivity index (χ3v) is 6.63. The zero-order chi connectivity index (χ0) is 24.7. The first-order valence-electron chi connectivity index (χ1n) is 12.6. The summed E-state index contributed by atoms with van der Waals surface area (Å²) in [5.74, 6) is 1.02. The zero-order valence-corrected chi connectivity index (χ0v) is 21.4. The molecule has 1 atom stereocenters. The first kappa shape index (κ1) is 26.4. The number of carboxylic acid groups (broad SMARTS) is 1. The molecule has 1 aliphatic rings. The molecule has 0 saturated heterocycles. The van der Waals surface area contributed by atoms with Crippen molar-refractivity contribution in [2.24, 2.45) is 0 Å². The van der Waals surface area contributed by atoms with E-state index in [2.05, 4.69) is 51.9 Å². The molecule has 0 amide bonds. The molecule has 3 heterocycles. The van der Waals surface area contributed by atoms with Gasteiger partial charge < -0.3 is 14.9 Å². The van der Waals surface area contributed by atoms with Crippen LogP contribution in [0.25, 0.3) is 11.1 Å². The van der Waals surface area contributed by atoms with E-state index in [0.29, 0.717) is 24.6 Å². The topological polar surface area (TPSA) is 101 Å². The summed E-state index contributed by atoms with van der Waals surface area (Å²) in [6.45, 7) is 0.979. The van der Waals surface area contributed by atoms with E-state index in [9.17, 15) is 9.90 Å². The lowest BCUT2D eigenvalue weighted by molar-refractivity contribution is -0.137. The number of fused-ring (bicyclic) bond motifs is 1. The van der Waals surface area contributed by atoms with Crippen LogP contribution in [0, 0.1) is 0 Å². The van der Waals surface area contributed by atoms with Crippen molar-refractivity contribution >= 4 is 24.2 Å². The van der Waals surface area contributed by atoms with E-state index in [1.165, 1.54) is 5.56 Å². The van der Waals surface area contributed by atoms with E-state index in [0.717, 1.165) is 60.4 Å². The highest BCUT2D eigenvalue weighted by Gasteiger charge is 2.22. The van der Waals surface area contributed by atoms with Crippen molar-refractivity contribution in [3.05, 3.63) is 95.3 Å². The molecule has 0 radical (unpaired) electrons. The molecule has 8 heteroatoms. The van der Waals surface area contributed by atoms with E-state index in [-0.39, 0.29) is 24.7 Å². The van der Waals surface area contributed by atoms with Gasteiger partial charge >= 0.3 is 5.97 Å². The normalized spacial score (nSPS) is 13.2. The van der Waals surface area contributed by atoms with Crippen LogP contribution in [-0.2, 0) is 24.1 Å². The van der Waals surface area contributed by atoms with Crippen molar-refractivity contribution < 1.29 is 14.4 Å². The first-order chi connectivity index (χ1) is 17.7. The standard InChI is InChI=1S/C29H30N4O3.ClH/c34-27(35)18-17-25(22-13-11-21(12-14-22)20-6-2-1-3-7-20)29-32-26(33-36-29)10-4-9-24-16-15-23-8-5-19-30-28(23)31-24;/h1-3,6-7,11-16,25H,4-5,8-10,17-19H2,(H,30,31)(H,34,35);1H. The molecule has 2 N–H and O–H groups in total. The van der Waals surface area contributed by atoms with Crippen LogP contribution < -0.4 is 5.32 Å². The summed E-state index contributed by atoms with van der Waals surface area (Å²) in [6, 6.07) is 22.6. The van der Waals surface area contributed by atoms with Crippen LogP contribution in [0.2, 0.25) is 0 Å². The van der Waals surface area contributed by atoms with Gasteiger partial charge in [0.05, 0.1) is 5.92 Å². The van der Waals surface area contributed by atoms with E-state index >= 15 is 0 Å². The van der Waals surface area contributed by atoms with Crippen LogP contribution in [0.5, 0.6) is 0 Å². The summed E-state index contributed by atoms with van der Waals surface area (Å²) < 4.78 is 5.63. The Hall–Kier alpha value is -3.71. The van der Waals surface area contributed by atoms with Gasteiger partial charge in [0.15, 0.2) is 5.82 Å². The van der Waals surface area contributed by atoms with Gasteiger partial charge in [0.2, 0.25) is 5.89 Å². The Kier molecular flexibility index (Phi) is 8.90. The van der Waals surface area contributed by atoms with Crippen LogP contribution in [0.1, 0.15) is 60.1 Å². The number of aryl methyl sites for hydroxylation is 3. The first-order valence-corrected chi connectivity index (χ1v) is 12.6. The lowest BCUT2D eigenvalue weighted by atomic mass is 9.92. The second kappa shape index (κ2) is 12.5. The van der Waals surface area contributed by atoms with E-state index in [1.54, 1.807) is 0 Å². The molecule has 7 nitrogen and oxygen atoms in total. The predicted molar refractivity (Wildman–Crippen MR) is 145 cm³/mol. The molecule has 192 valence electrons. The van der Waals surface area contributed by atoms with Gasteiger partial charge in [-0.3, -0.25) is 4.79 Å². The fourth-order valence-electron chi connectivity index (χ4n) is 4.69. The molecule has 37 heavy (non-hydrogen) atoms. The van der Waals surface area contributed by atoms with Gasteiger partial charge in [-0.15, -0.1) is 12.4 Å². The number of hydrogen-bond donors (Lipinski definition) is 2. The third kappa shape index (κ3) is 6.74. The summed E-state index contributed by atoms with van der Waals surface area (Å²) in [5, 5.41) is 16.8. The van der Waals surface area contributed by atoms with Crippen LogP contribution in [0.15, 0.2) is 71.3 Å².